The van der Waals surface area contributed by atoms with Crippen LogP contribution in [0.5, 0.6) is 0 Å². The summed E-state index contributed by atoms with van der Waals surface area (Å²) >= 11 is 1.46. The van der Waals surface area contributed by atoms with Crippen LogP contribution in [0.2, 0.25) is 0 Å². The van der Waals surface area contributed by atoms with Crippen LogP contribution in [-0.2, 0) is 4.79 Å². The molecule has 17 heavy (non-hydrogen) atoms. The van der Waals surface area contributed by atoms with Gasteiger partial charge in [0.1, 0.15) is 11.7 Å². The molecule has 0 bridgehead atoms. The number of aromatic nitrogens is 3. The number of carbonyl (C=O) groups is 1. The highest BCUT2D eigenvalue weighted by Crippen LogP contribution is 2.22. The molecule has 1 atom stereocenters. The minimum absolute atomic E-state index is 0.0338. The van der Waals surface area contributed by atoms with E-state index in [9.17, 15) is 4.79 Å². The van der Waals surface area contributed by atoms with E-state index in [0.29, 0.717) is 5.82 Å². The predicted octanol–water partition coefficient (Wildman–Crippen LogP) is 1.37. The third-order valence-electron chi connectivity index (χ3n) is 2.17. The number of hydrogen-bond donors (Lipinski definition) is 2. The van der Waals surface area contributed by atoms with Gasteiger partial charge in [-0.1, -0.05) is 6.07 Å². The van der Waals surface area contributed by atoms with Gasteiger partial charge in [-0.15, -0.1) is 11.3 Å². The molecule has 1 unspecified atom stereocenters. The topological polar surface area (TPSA) is 102 Å². The number of aliphatic carboxylic acids is 1. The van der Waals surface area contributed by atoms with Gasteiger partial charge in [0.2, 0.25) is 5.95 Å². The Hall–Kier alpha value is -2.02. The standard InChI is InChI=1S/C10H10N4O2S/c1-5(9(15)16)7-12-8(14-10(11)13-7)6-3-2-4-17-6/h2-5H,1H3,(H,15,16)(H2,11,12,13,14). The first-order valence-electron chi connectivity index (χ1n) is 4.86. The maximum absolute atomic E-state index is 10.9. The molecule has 0 amide bonds. The molecule has 88 valence electrons. The van der Waals surface area contributed by atoms with Gasteiger partial charge in [-0.25, -0.2) is 4.98 Å². The normalized spacial score (nSPS) is 12.3. The second kappa shape index (κ2) is 4.46. The number of carboxylic acids is 1. The van der Waals surface area contributed by atoms with E-state index < -0.39 is 11.9 Å². The van der Waals surface area contributed by atoms with Gasteiger partial charge in [-0.05, 0) is 18.4 Å². The molecule has 0 aromatic carbocycles. The first-order chi connectivity index (χ1) is 8.08. The van der Waals surface area contributed by atoms with Crippen molar-refractivity contribution in [1.29, 1.82) is 0 Å². The Morgan fingerprint density at radius 2 is 2.24 bits per heavy atom. The van der Waals surface area contributed by atoms with Crippen molar-refractivity contribution in [3.8, 4) is 10.7 Å². The minimum atomic E-state index is -0.993. The Kier molecular flexibility index (Phi) is 3.01. The van der Waals surface area contributed by atoms with E-state index in [-0.39, 0.29) is 11.8 Å². The van der Waals surface area contributed by atoms with E-state index in [1.807, 2.05) is 17.5 Å². The zero-order valence-corrected chi connectivity index (χ0v) is 9.81. The number of carboxylic acid groups (broad SMARTS) is 1. The first-order valence-corrected chi connectivity index (χ1v) is 5.74. The van der Waals surface area contributed by atoms with Crippen LogP contribution in [0.1, 0.15) is 18.7 Å². The lowest BCUT2D eigenvalue weighted by Crippen LogP contribution is -2.14. The van der Waals surface area contributed by atoms with Crippen molar-refractivity contribution in [1.82, 2.24) is 15.0 Å². The summed E-state index contributed by atoms with van der Waals surface area (Å²) in [6.45, 7) is 1.51. The summed E-state index contributed by atoms with van der Waals surface area (Å²) in [4.78, 5) is 23.7. The molecule has 0 fully saturated rings. The monoisotopic (exact) mass is 250 g/mol. The molecular formula is C10H10N4O2S. The van der Waals surface area contributed by atoms with Crippen LogP contribution in [0, 0.1) is 0 Å². The average Bonchev–Trinajstić information content (AvgIpc) is 2.80. The molecule has 2 aromatic heterocycles. The zero-order chi connectivity index (χ0) is 12.4. The van der Waals surface area contributed by atoms with Crippen molar-refractivity contribution in [2.45, 2.75) is 12.8 Å². The Morgan fingerprint density at radius 3 is 2.82 bits per heavy atom. The number of nitrogens with two attached hydrogens (primary N) is 1. The highest BCUT2D eigenvalue weighted by molar-refractivity contribution is 7.13. The molecule has 7 heteroatoms. The van der Waals surface area contributed by atoms with Crippen LogP contribution < -0.4 is 5.73 Å². The summed E-state index contributed by atoms with van der Waals surface area (Å²) in [6.07, 6.45) is 0. The molecule has 0 spiro atoms. The van der Waals surface area contributed by atoms with Crippen LogP contribution in [0.15, 0.2) is 17.5 Å². The van der Waals surface area contributed by atoms with Crippen molar-refractivity contribution in [3.63, 3.8) is 0 Å². The van der Waals surface area contributed by atoms with Crippen LogP contribution in [0.4, 0.5) is 5.95 Å². The molecule has 0 aliphatic heterocycles. The fraction of sp³-hybridized carbons (Fsp3) is 0.200. The van der Waals surface area contributed by atoms with E-state index in [0.717, 1.165) is 4.88 Å². The van der Waals surface area contributed by atoms with Crippen molar-refractivity contribution in [2.75, 3.05) is 5.73 Å². The SMILES string of the molecule is CC(C(=O)O)c1nc(N)nc(-c2cccs2)n1. The third-order valence-corrected chi connectivity index (χ3v) is 3.04. The number of nitrogens with zero attached hydrogens (tertiary/aromatic N) is 3. The highest BCUT2D eigenvalue weighted by atomic mass is 32.1. The third kappa shape index (κ3) is 2.39. The number of hydrogen-bond acceptors (Lipinski definition) is 6. The Bertz CT molecular complexity index is 541. The van der Waals surface area contributed by atoms with Gasteiger partial charge in [0, 0.05) is 0 Å². The summed E-state index contributed by atoms with van der Waals surface area (Å²) in [5, 5.41) is 10.8. The van der Waals surface area contributed by atoms with Crippen LogP contribution >= 0.6 is 11.3 Å². The van der Waals surface area contributed by atoms with Crippen molar-refractivity contribution in [2.24, 2.45) is 0 Å². The molecule has 3 N–H and O–H groups in total. The molecule has 0 aliphatic carbocycles. The fourth-order valence-corrected chi connectivity index (χ4v) is 1.89. The molecular weight excluding hydrogens is 240 g/mol. The van der Waals surface area contributed by atoms with E-state index in [1.165, 1.54) is 18.3 Å². The van der Waals surface area contributed by atoms with Crippen LogP contribution in [-0.4, -0.2) is 26.0 Å². The minimum Gasteiger partial charge on any atom is -0.481 e. The Labute approximate surface area is 101 Å². The molecule has 0 saturated carbocycles. The molecule has 2 heterocycles. The fourth-order valence-electron chi connectivity index (χ4n) is 1.23. The van der Waals surface area contributed by atoms with Crippen LogP contribution in [0.25, 0.3) is 10.7 Å². The van der Waals surface area contributed by atoms with Crippen LogP contribution in [0.3, 0.4) is 0 Å². The number of nitrogen functional groups attached to an aromatic ring is 1. The number of anilines is 1. The zero-order valence-electron chi connectivity index (χ0n) is 8.99. The number of thiophene rings is 1. The van der Waals surface area contributed by atoms with Gasteiger partial charge in [0.25, 0.3) is 0 Å². The lowest BCUT2D eigenvalue weighted by atomic mass is 10.2. The molecule has 0 saturated heterocycles. The quantitative estimate of drug-likeness (QED) is 0.853. The first kappa shape index (κ1) is 11.5. The molecule has 6 nitrogen and oxygen atoms in total. The van der Waals surface area contributed by atoms with Crippen molar-refractivity contribution in [3.05, 3.63) is 23.3 Å². The lowest BCUT2D eigenvalue weighted by molar-refractivity contribution is -0.138. The van der Waals surface area contributed by atoms with Gasteiger partial charge in [0.05, 0.1) is 4.88 Å². The summed E-state index contributed by atoms with van der Waals surface area (Å²) in [6, 6.07) is 3.70. The molecule has 0 radical (unpaired) electrons. The van der Waals surface area contributed by atoms with E-state index in [2.05, 4.69) is 15.0 Å². The maximum atomic E-state index is 10.9. The molecule has 2 rings (SSSR count). The lowest BCUT2D eigenvalue weighted by Gasteiger charge is -2.06. The average molecular weight is 250 g/mol. The Balaban J connectivity index is 2.46. The summed E-state index contributed by atoms with van der Waals surface area (Å²) in [7, 11) is 0. The molecule has 2 aromatic rings. The highest BCUT2D eigenvalue weighted by Gasteiger charge is 2.19. The second-order valence-electron chi connectivity index (χ2n) is 3.41. The predicted molar refractivity (Wildman–Crippen MR) is 63.6 cm³/mol. The van der Waals surface area contributed by atoms with Crippen molar-refractivity contribution < 1.29 is 9.90 Å². The van der Waals surface area contributed by atoms with E-state index in [4.69, 9.17) is 10.8 Å². The van der Waals surface area contributed by atoms with Gasteiger partial charge in [0.15, 0.2) is 5.82 Å². The summed E-state index contributed by atoms with van der Waals surface area (Å²) in [5.74, 6) is -1.18. The van der Waals surface area contributed by atoms with Gasteiger partial charge in [-0.3, -0.25) is 4.79 Å². The van der Waals surface area contributed by atoms with Gasteiger partial charge < -0.3 is 10.8 Å². The van der Waals surface area contributed by atoms with Crippen molar-refractivity contribution >= 4 is 23.3 Å². The van der Waals surface area contributed by atoms with Gasteiger partial charge in [-0.2, -0.15) is 9.97 Å². The second-order valence-corrected chi connectivity index (χ2v) is 4.36. The molecule has 0 aliphatic rings. The summed E-state index contributed by atoms with van der Waals surface area (Å²) < 4.78 is 0. The summed E-state index contributed by atoms with van der Waals surface area (Å²) in [5.41, 5.74) is 5.55. The maximum Gasteiger partial charge on any atom is 0.313 e. The Morgan fingerprint density at radius 1 is 1.47 bits per heavy atom. The smallest absolute Gasteiger partial charge is 0.313 e. The number of rotatable bonds is 3. The van der Waals surface area contributed by atoms with E-state index in [1.54, 1.807) is 0 Å². The van der Waals surface area contributed by atoms with Gasteiger partial charge >= 0.3 is 5.97 Å². The van der Waals surface area contributed by atoms with E-state index >= 15 is 0 Å². The largest absolute Gasteiger partial charge is 0.481 e.